The molecular formula is C15H14FNO. The second-order valence-electron chi connectivity index (χ2n) is 4.59. The lowest BCUT2D eigenvalue weighted by molar-refractivity contribution is 0.475. The van der Waals surface area contributed by atoms with Gasteiger partial charge < -0.3 is 10.4 Å². The van der Waals surface area contributed by atoms with Crippen molar-refractivity contribution in [3.63, 3.8) is 0 Å². The maximum absolute atomic E-state index is 13.4. The third kappa shape index (κ3) is 1.92. The highest BCUT2D eigenvalue weighted by molar-refractivity contribution is 5.57. The Morgan fingerprint density at radius 1 is 1.11 bits per heavy atom. The number of aromatic hydroxyl groups is 1. The zero-order valence-electron chi connectivity index (χ0n) is 9.86. The van der Waals surface area contributed by atoms with Crippen LogP contribution in [0.1, 0.15) is 23.5 Å². The Morgan fingerprint density at radius 2 is 1.89 bits per heavy atom. The molecule has 3 heteroatoms. The van der Waals surface area contributed by atoms with Gasteiger partial charge >= 0.3 is 0 Å². The molecule has 2 nitrogen and oxygen atoms in total. The topological polar surface area (TPSA) is 32.3 Å². The van der Waals surface area contributed by atoms with Crippen LogP contribution in [0, 0.1) is 5.82 Å². The third-order valence-corrected chi connectivity index (χ3v) is 3.43. The molecule has 1 heterocycles. The van der Waals surface area contributed by atoms with E-state index < -0.39 is 0 Å². The first kappa shape index (κ1) is 11.1. The molecule has 0 aromatic heterocycles. The molecule has 0 amide bonds. The van der Waals surface area contributed by atoms with Gasteiger partial charge in [-0.15, -0.1) is 0 Å². The molecule has 1 aliphatic rings. The van der Waals surface area contributed by atoms with Crippen molar-refractivity contribution in [2.24, 2.45) is 0 Å². The average molecular weight is 243 g/mol. The number of anilines is 1. The van der Waals surface area contributed by atoms with Gasteiger partial charge in [0, 0.05) is 18.2 Å². The van der Waals surface area contributed by atoms with Gasteiger partial charge in [0.2, 0.25) is 0 Å². The van der Waals surface area contributed by atoms with Crippen molar-refractivity contribution in [1.29, 1.82) is 0 Å². The Labute approximate surface area is 105 Å². The van der Waals surface area contributed by atoms with Crippen LogP contribution in [-0.2, 0) is 0 Å². The van der Waals surface area contributed by atoms with Gasteiger partial charge in [-0.3, -0.25) is 0 Å². The summed E-state index contributed by atoms with van der Waals surface area (Å²) in [4.78, 5) is 0. The zero-order valence-corrected chi connectivity index (χ0v) is 9.86. The maximum Gasteiger partial charge on any atom is 0.123 e. The van der Waals surface area contributed by atoms with Crippen LogP contribution in [0.3, 0.4) is 0 Å². The molecule has 3 rings (SSSR count). The normalized spacial score (nSPS) is 17.9. The molecule has 0 radical (unpaired) electrons. The monoisotopic (exact) mass is 243 g/mol. The zero-order chi connectivity index (χ0) is 12.5. The van der Waals surface area contributed by atoms with Crippen LogP contribution in [0.5, 0.6) is 5.75 Å². The van der Waals surface area contributed by atoms with E-state index in [0.29, 0.717) is 0 Å². The third-order valence-electron chi connectivity index (χ3n) is 3.43. The second-order valence-corrected chi connectivity index (χ2v) is 4.59. The SMILES string of the molecule is Oc1ccc(C2CCNc3ccc(F)cc32)cc1. The highest BCUT2D eigenvalue weighted by atomic mass is 19.1. The van der Waals surface area contributed by atoms with E-state index in [-0.39, 0.29) is 17.5 Å². The number of phenolic OH excluding ortho intramolecular Hbond substituents is 1. The van der Waals surface area contributed by atoms with E-state index in [4.69, 9.17) is 0 Å². The van der Waals surface area contributed by atoms with Crippen molar-refractivity contribution in [3.8, 4) is 5.75 Å². The lowest BCUT2D eigenvalue weighted by atomic mass is 9.85. The number of phenols is 1. The molecule has 0 fully saturated rings. The average Bonchev–Trinajstić information content (AvgIpc) is 2.39. The molecule has 0 saturated carbocycles. The van der Waals surface area contributed by atoms with Gasteiger partial charge in [-0.25, -0.2) is 4.39 Å². The predicted octanol–water partition coefficient (Wildman–Crippen LogP) is 3.48. The minimum Gasteiger partial charge on any atom is -0.508 e. The van der Waals surface area contributed by atoms with Crippen molar-refractivity contribution in [3.05, 3.63) is 59.4 Å². The fourth-order valence-corrected chi connectivity index (χ4v) is 2.54. The van der Waals surface area contributed by atoms with Crippen molar-refractivity contribution in [2.75, 3.05) is 11.9 Å². The number of halogens is 1. The highest BCUT2D eigenvalue weighted by Gasteiger charge is 2.21. The first-order valence-corrected chi connectivity index (χ1v) is 6.06. The second kappa shape index (κ2) is 4.33. The lowest BCUT2D eigenvalue weighted by Crippen LogP contribution is -2.17. The molecule has 0 saturated heterocycles. The van der Waals surface area contributed by atoms with Crippen LogP contribution in [0.15, 0.2) is 42.5 Å². The Kier molecular flexibility index (Phi) is 2.67. The van der Waals surface area contributed by atoms with Gasteiger partial charge in [-0.05, 0) is 47.9 Å². The number of nitrogens with one attached hydrogen (secondary N) is 1. The Balaban J connectivity index is 2.05. The lowest BCUT2D eigenvalue weighted by Gasteiger charge is -2.27. The first-order valence-electron chi connectivity index (χ1n) is 6.06. The van der Waals surface area contributed by atoms with E-state index in [2.05, 4.69) is 5.32 Å². The van der Waals surface area contributed by atoms with Crippen LogP contribution in [0.25, 0.3) is 0 Å². The minimum absolute atomic E-state index is 0.192. The Hall–Kier alpha value is -2.03. The number of fused-ring (bicyclic) bond motifs is 1. The molecule has 0 aliphatic carbocycles. The molecule has 0 spiro atoms. The summed E-state index contributed by atoms with van der Waals surface area (Å²) in [7, 11) is 0. The molecule has 2 N–H and O–H groups in total. The van der Waals surface area contributed by atoms with Crippen LogP contribution in [-0.4, -0.2) is 11.7 Å². The van der Waals surface area contributed by atoms with Gasteiger partial charge in [-0.2, -0.15) is 0 Å². The smallest absolute Gasteiger partial charge is 0.123 e. The fourth-order valence-electron chi connectivity index (χ4n) is 2.54. The number of hydrogen-bond donors (Lipinski definition) is 2. The van der Waals surface area contributed by atoms with Gasteiger partial charge in [-0.1, -0.05) is 12.1 Å². The van der Waals surface area contributed by atoms with Crippen molar-refractivity contribution in [1.82, 2.24) is 0 Å². The van der Waals surface area contributed by atoms with E-state index in [9.17, 15) is 9.50 Å². The predicted molar refractivity (Wildman–Crippen MR) is 69.5 cm³/mol. The number of benzene rings is 2. The van der Waals surface area contributed by atoms with E-state index in [1.807, 2.05) is 12.1 Å². The van der Waals surface area contributed by atoms with Gasteiger partial charge in [0.25, 0.3) is 0 Å². The largest absolute Gasteiger partial charge is 0.508 e. The van der Waals surface area contributed by atoms with E-state index >= 15 is 0 Å². The molecule has 92 valence electrons. The molecule has 1 unspecified atom stereocenters. The summed E-state index contributed by atoms with van der Waals surface area (Å²) in [5.41, 5.74) is 3.11. The molecule has 1 atom stereocenters. The summed E-state index contributed by atoms with van der Waals surface area (Å²) < 4.78 is 13.4. The van der Waals surface area contributed by atoms with Gasteiger partial charge in [0.1, 0.15) is 11.6 Å². The van der Waals surface area contributed by atoms with Crippen LogP contribution >= 0.6 is 0 Å². The minimum atomic E-state index is -0.207. The maximum atomic E-state index is 13.4. The summed E-state index contributed by atoms with van der Waals surface area (Å²) in [6.45, 7) is 0.879. The molecule has 2 aromatic rings. The van der Waals surface area contributed by atoms with Crippen molar-refractivity contribution < 1.29 is 9.50 Å². The fraction of sp³-hybridized carbons (Fsp3) is 0.200. The van der Waals surface area contributed by atoms with Crippen LogP contribution in [0.4, 0.5) is 10.1 Å². The van der Waals surface area contributed by atoms with Gasteiger partial charge in [0.05, 0.1) is 0 Å². The Morgan fingerprint density at radius 3 is 2.67 bits per heavy atom. The highest BCUT2D eigenvalue weighted by Crippen LogP contribution is 2.37. The summed E-state index contributed by atoms with van der Waals surface area (Å²) in [6, 6.07) is 12.0. The van der Waals surface area contributed by atoms with Gasteiger partial charge in [0.15, 0.2) is 0 Å². The summed E-state index contributed by atoms with van der Waals surface area (Å²) in [5, 5.41) is 12.6. The Bertz CT molecular complexity index is 565. The summed E-state index contributed by atoms with van der Waals surface area (Å²) in [5.74, 6) is 0.242. The number of rotatable bonds is 1. The van der Waals surface area contributed by atoms with Crippen LogP contribution in [0.2, 0.25) is 0 Å². The van der Waals surface area contributed by atoms with E-state index in [0.717, 1.165) is 29.8 Å². The van der Waals surface area contributed by atoms with E-state index in [1.165, 1.54) is 6.07 Å². The van der Waals surface area contributed by atoms with Crippen LogP contribution < -0.4 is 5.32 Å². The number of hydrogen-bond acceptors (Lipinski definition) is 2. The molecule has 18 heavy (non-hydrogen) atoms. The molecular weight excluding hydrogens is 229 g/mol. The summed E-state index contributed by atoms with van der Waals surface area (Å²) >= 11 is 0. The van der Waals surface area contributed by atoms with E-state index in [1.54, 1.807) is 24.3 Å². The molecule has 1 aliphatic heterocycles. The standard InChI is InChI=1S/C15H14FNO/c16-11-3-6-15-14(9-11)13(7-8-17-15)10-1-4-12(18)5-2-10/h1-6,9,13,17-18H,7-8H2. The van der Waals surface area contributed by atoms with Crippen molar-refractivity contribution in [2.45, 2.75) is 12.3 Å². The van der Waals surface area contributed by atoms with Crippen molar-refractivity contribution >= 4 is 5.69 Å². The molecule has 0 bridgehead atoms. The summed E-state index contributed by atoms with van der Waals surface area (Å²) in [6.07, 6.45) is 0.932. The quantitative estimate of drug-likeness (QED) is 0.803. The molecule has 2 aromatic carbocycles. The first-order chi connectivity index (χ1) is 8.74.